The maximum atomic E-state index is 11.2. The van der Waals surface area contributed by atoms with E-state index in [9.17, 15) is 9.90 Å². The molecule has 0 amide bonds. The lowest BCUT2D eigenvalue weighted by Crippen LogP contribution is -2.05. The van der Waals surface area contributed by atoms with E-state index in [0.717, 1.165) is 0 Å². The Bertz CT molecular complexity index is 435. The van der Waals surface area contributed by atoms with Crippen LogP contribution in [0.3, 0.4) is 0 Å². The number of rotatable bonds is 2. The summed E-state index contributed by atoms with van der Waals surface area (Å²) in [6.07, 6.45) is 0. The second-order valence-electron chi connectivity index (χ2n) is 2.83. The molecule has 3 N–H and O–H groups in total. The molecule has 0 fully saturated rings. The van der Waals surface area contributed by atoms with Crippen LogP contribution >= 0.6 is 0 Å². The number of methoxy groups -OCH3 is 1. The fourth-order valence-corrected chi connectivity index (χ4v) is 1.21. The minimum atomic E-state index is -0.606. The fraction of sp³-hybridized carbons (Fsp3) is 0.200. The lowest BCUT2D eigenvalue weighted by atomic mass is 10.0. The molecule has 5 nitrogen and oxygen atoms in total. The molecule has 0 aliphatic carbocycles. The number of hydrogen-bond donors (Lipinski definition) is 2. The summed E-state index contributed by atoms with van der Waals surface area (Å²) in [6, 6.07) is 4.43. The number of esters is 1. The van der Waals surface area contributed by atoms with Crippen LogP contribution in [0, 0.1) is 11.3 Å². The van der Waals surface area contributed by atoms with Crippen molar-refractivity contribution in [2.24, 2.45) is 5.73 Å². The first-order chi connectivity index (χ1) is 7.13. The van der Waals surface area contributed by atoms with E-state index in [1.54, 1.807) is 0 Å². The SMILES string of the molecule is COC(=O)c1cc(O)c(CN)c(C#N)c1. The van der Waals surface area contributed by atoms with Crippen molar-refractivity contribution in [2.75, 3.05) is 7.11 Å². The summed E-state index contributed by atoms with van der Waals surface area (Å²) in [5.74, 6) is -0.776. The van der Waals surface area contributed by atoms with Crippen LogP contribution in [0.15, 0.2) is 12.1 Å². The third-order valence-electron chi connectivity index (χ3n) is 1.97. The van der Waals surface area contributed by atoms with Crippen molar-refractivity contribution in [1.29, 1.82) is 5.26 Å². The van der Waals surface area contributed by atoms with Crippen LogP contribution in [0.25, 0.3) is 0 Å². The molecular formula is C10H10N2O3. The van der Waals surface area contributed by atoms with Gasteiger partial charge in [-0.15, -0.1) is 0 Å². The predicted molar refractivity (Wildman–Crippen MR) is 52.1 cm³/mol. The van der Waals surface area contributed by atoms with Gasteiger partial charge in [0.25, 0.3) is 0 Å². The average Bonchev–Trinajstić information content (AvgIpc) is 2.26. The Balaban J connectivity index is 3.33. The van der Waals surface area contributed by atoms with Gasteiger partial charge in [-0.2, -0.15) is 5.26 Å². The summed E-state index contributed by atoms with van der Waals surface area (Å²) in [4.78, 5) is 11.2. The van der Waals surface area contributed by atoms with Crippen LogP contribution in [0.4, 0.5) is 0 Å². The van der Waals surface area contributed by atoms with Crippen LogP contribution in [0.5, 0.6) is 5.75 Å². The first-order valence-electron chi connectivity index (χ1n) is 4.18. The van der Waals surface area contributed by atoms with Crippen molar-refractivity contribution in [3.05, 3.63) is 28.8 Å². The third-order valence-corrected chi connectivity index (χ3v) is 1.97. The van der Waals surface area contributed by atoms with E-state index in [1.165, 1.54) is 19.2 Å². The maximum Gasteiger partial charge on any atom is 0.338 e. The van der Waals surface area contributed by atoms with E-state index in [1.807, 2.05) is 6.07 Å². The van der Waals surface area contributed by atoms with Gasteiger partial charge < -0.3 is 15.6 Å². The third kappa shape index (κ3) is 2.06. The lowest BCUT2D eigenvalue weighted by molar-refractivity contribution is 0.0600. The van der Waals surface area contributed by atoms with E-state index >= 15 is 0 Å². The van der Waals surface area contributed by atoms with Gasteiger partial charge in [-0.1, -0.05) is 0 Å². The topological polar surface area (TPSA) is 96.3 Å². The molecule has 0 heterocycles. The molecule has 15 heavy (non-hydrogen) atoms. The van der Waals surface area contributed by atoms with Crippen molar-refractivity contribution in [3.8, 4) is 11.8 Å². The van der Waals surface area contributed by atoms with Crippen molar-refractivity contribution in [1.82, 2.24) is 0 Å². The standard InChI is InChI=1S/C10H10N2O3/c1-15-10(14)6-2-7(4-11)8(5-12)9(13)3-6/h2-3,13H,5,12H2,1H3. The quantitative estimate of drug-likeness (QED) is 0.687. The number of carbonyl (C=O) groups excluding carboxylic acids is 1. The Labute approximate surface area is 86.7 Å². The fourth-order valence-electron chi connectivity index (χ4n) is 1.21. The Kier molecular flexibility index (Phi) is 3.26. The molecule has 0 atom stereocenters. The minimum absolute atomic E-state index is 0.0379. The molecule has 1 aromatic carbocycles. The molecular weight excluding hydrogens is 196 g/mol. The number of ether oxygens (including phenoxy) is 1. The summed E-state index contributed by atoms with van der Waals surface area (Å²) in [6.45, 7) is 0.0379. The van der Waals surface area contributed by atoms with Gasteiger partial charge >= 0.3 is 5.97 Å². The first-order valence-corrected chi connectivity index (χ1v) is 4.18. The molecule has 0 aliphatic heterocycles. The summed E-state index contributed by atoms with van der Waals surface area (Å²) in [7, 11) is 1.22. The molecule has 0 unspecified atom stereocenters. The molecule has 0 saturated heterocycles. The monoisotopic (exact) mass is 206 g/mol. The van der Waals surface area contributed by atoms with Crippen molar-refractivity contribution in [3.63, 3.8) is 0 Å². The number of phenolic OH excluding ortho intramolecular Hbond substituents is 1. The lowest BCUT2D eigenvalue weighted by Gasteiger charge is -2.06. The summed E-state index contributed by atoms with van der Waals surface area (Å²) in [5.41, 5.74) is 5.99. The number of hydrogen-bond acceptors (Lipinski definition) is 5. The van der Waals surface area contributed by atoms with Crippen LogP contribution in [-0.2, 0) is 11.3 Å². The van der Waals surface area contributed by atoms with Gasteiger partial charge in [-0.25, -0.2) is 4.79 Å². The van der Waals surface area contributed by atoms with Gasteiger partial charge in [-0.05, 0) is 12.1 Å². The van der Waals surface area contributed by atoms with Gasteiger partial charge in [0.1, 0.15) is 5.75 Å². The summed E-state index contributed by atoms with van der Waals surface area (Å²) >= 11 is 0. The molecule has 0 saturated carbocycles. The molecule has 0 aromatic heterocycles. The van der Waals surface area contributed by atoms with Gasteiger partial charge in [-0.3, -0.25) is 0 Å². The second kappa shape index (κ2) is 4.44. The highest BCUT2D eigenvalue weighted by Crippen LogP contribution is 2.23. The zero-order valence-corrected chi connectivity index (χ0v) is 8.15. The van der Waals surface area contributed by atoms with Crippen LogP contribution < -0.4 is 5.73 Å². The van der Waals surface area contributed by atoms with E-state index < -0.39 is 5.97 Å². The average molecular weight is 206 g/mol. The zero-order valence-electron chi connectivity index (χ0n) is 8.15. The number of phenols is 1. The molecule has 0 bridgehead atoms. The number of nitrogens with two attached hydrogens (primary N) is 1. The number of benzene rings is 1. The normalized spacial score (nSPS) is 9.40. The minimum Gasteiger partial charge on any atom is -0.508 e. The Morgan fingerprint density at radius 3 is 2.80 bits per heavy atom. The highest BCUT2D eigenvalue weighted by Gasteiger charge is 2.13. The molecule has 0 radical (unpaired) electrons. The van der Waals surface area contributed by atoms with Crippen LogP contribution in [0.1, 0.15) is 21.5 Å². The zero-order chi connectivity index (χ0) is 11.4. The van der Waals surface area contributed by atoms with Crippen molar-refractivity contribution < 1.29 is 14.6 Å². The van der Waals surface area contributed by atoms with E-state index in [2.05, 4.69) is 4.74 Å². The number of nitriles is 1. The Morgan fingerprint density at radius 2 is 2.33 bits per heavy atom. The van der Waals surface area contributed by atoms with Gasteiger partial charge in [0.05, 0.1) is 24.3 Å². The van der Waals surface area contributed by atoms with E-state index in [-0.39, 0.29) is 23.4 Å². The summed E-state index contributed by atoms with van der Waals surface area (Å²) < 4.78 is 4.47. The van der Waals surface area contributed by atoms with Gasteiger partial charge in [0.2, 0.25) is 0 Å². The molecule has 0 aliphatic rings. The van der Waals surface area contributed by atoms with Gasteiger partial charge in [0.15, 0.2) is 0 Å². The Hall–Kier alpha value is -2.06. The van der Waals surface area contributed by atoms with E-state index in [0.29, 0.717) is 5.56 Å². The largest absolute Gasteiger partial charge is 0.508 e. The number of nitrogens with zero attached hydrogens (tertiary/aromatic N) is 1. The smallest absolute Gasteiger partial charge is 0.338 e. The molecule has 5 heteroatoms. The highest BCUT2D eigenvalue weighted by molar-refractivity contribution is 5.90. The Morgan fingerprint density at radius 1 is 1.67 bits per heavy atom. The molecule has 1 rings (SSSR count). The predicted octanol–water partition coefficient (Wildman–Crippen LogP) is 0.509. The maximum absolute atomic E-state index is 11.2. The molecule has 0 spiro atoms. The van der Waals surface area contributed by atoms with Crippen LogP contribution in [0.2, 0.25) is 0 Å². The molecule has 1 aromatic rings. The van der Waals surface area contributed by atoms with E-state index in [4.69, 9.17) is 11.0 Å². The van der Waals surface area contributed by atoms with Crippen molar-refractivity contribution >= 4 is 5.97 Å². The van der Waals surface area contributed by atoms with Crippen molar-refractivity contribution in [2.45, 2.75) is 6.54 Å². The first kappa shape index (κ1) is 11.0. The highest BCUT2D eigenvalue weighted by atomic mass is 16.5. The van der Waals surface area contributed by atoms with Crippen LogP contribution in [-0.4, -0.2) is 18.2 Å². The summed E-state index contributed by atoms with van der Waals surface area (Å²) in [5, 5.41) is 18.3. The molecule has 78 valence electrons. The second-order valence-corrected chi connectivity index (χ2v) is 2.83. The number of carbonyl (C=O) groups is 1. The number of aromatic hydroxyl groups is 1. The van der Waals surface area contributed by atoms with Gasteiger partial charge in [0, 0.05) is 12.1 Å².